The van der Waals surface area contributed by atoms with Gasteiger partial charge in [-0.3, -0.25) is 4.79 Å². The van der Waals surface area contributed by atoms with Crippen LogP contribution in [0.25, 0.3) is 33.7 Å². The molecule has 0 N–H and O–H groups in total. The smallest absolute Gasteiger partial charge is 0.185 e. The second kappa shape index (κ2) is 10.3. The van der Waals surface area contributed by atoms with Gasteiger partial charge in [-0.05, 0) is 100 Å². The molecule has 2 saturated heterocycles. The molecule has 1 saturated carbocycles. The predicted octanol–water partition coefficient (Wildman–Crippen LogP) is 6.77. The molecule has 0 aromatic heterocycles. The number of carbonyl (C=O) groups is 1. The van der Waals surface area contributed by atoms with Crippen LogP contribution in [0.5, 0.6) is 11.5 Å². The van der Waals surface area contributed by atoms with Crippen molar-refractivity contribution in [3.8, 4) is 11.5 Å². The van der Waals surface area contributed by atoms with Gasteiger partial charge in [0.1, 0.15) is 36.9 Å². The Bertz CT molecular complexity index is 1500. The third kappa shape index (κ3) is 5.75. The number of hydrogen-bond acceptors (Lipinski definition) is 5. The third-order valence-electron chi connectivity index (χ3n) is 7.51. The number of carbonyl (C=O) groups excluding carboxylic acids is 1. The molecule has 2 atom stereocenters. The zero-order chi connectivity index (χ0) is 26.2. The molecule has 5 nitrogen and oxygen atoms in total. The molecule has 5 heteroatoms. The van der Waals surface area contributed by atoms with Crippen LogP contribution < -0.4 is 9.47 Å². The normalized spacial score (nSPS) is 22.5. The van der Waals surface area contributed by atoms with Gasteiger partial charge in [-0.1, -0.05) is 36.4 Å². The zero-order valence-electron chi connectivity index (χ0n) is 21.7. The molecule has 0 bridgehead atoms. The van der Waals surface area contributed by atoms with Crippen LogP contribution in [0, 0.1) is 0 Å². The quantitative estimate of drug-likeness (QED) is 0.190. The van der Waals surface area contributed by atoms with Crippen molar-refractivity contribution in [3.63, 3.8) is 0 Å². The number of benzene rings is 4. The topological polar surface area (TPSA) is 60.6 Å². The maximum Gasteiger partial charge on any atom is 0.185 e. The van der Waals surface area contributed by atoms with Crippen molar-refractivity contribution in [1.29, 1.82) is 0 Å². The molecule has 4 aromatic rings. The summed E-state index contributed by atoms with van der Waals surface area (Å²) in [7, 11) is 0. The number of epoxide rings is 2. The van der Waals surface area contributed by atoms with E-state index in [1.807, 2.05) is 12.1 Å². The van der Waals surface area contributed by atoms with E-state index in [0.717, 1.165) is 87.8 Å². The van der Waals surface area contributed by atoms with E-state index in [1.54, 1.807) is 0 Å². The lowest BCUT2D eigenvalue weighted by molar-refractivity contribution is -0.112. The highest BCUT2D eigenvalue weighted by atomic mass is 16.6. The van der Waals surface area contributed by atoms with Crippen LogP contribution in [0.15, 0.2) is 83.9 Å². The van der Waals surface area contributed by atoms with Gasteiger partial charge in [-0.2, -0.15) is 0 Å². The second-order valence-corrected chi connectivity index (χ2v) is 10.6. The van der Waals surface area contributed by atoms with Crippen LogP contribution in [-0.4, -0.2) is 44.4 Å². The first-order valence-electron chi connectivity index (χ1n) is 13.7. The van der Waals surface area contributed by atoms with E-state index in [2.05, 4.69) is 72.8 Å². The van der Waals surface area contributed by atoms with Gasteiger partial charge in [0, 0.05) is 11.1 Å². The molecule has 2 aliphatic heterocycles. The fourth-order valence-corrected chi connectivity index (χ4v) is 5.13. The highest BCUT2D eigenvalue weighted by Gasteiger charge is 2.24. The van der Waals surface area contributed by atoms with Gasteiger partial charge < -0.3 is 18.9 Å². The molecule has 4 aromatic carbocycles. The standard InChI is InChI=1S/C34H30O5/c35-34-28(14-22-4-6-26-16-30(10-8-24(26)12-22)36-18-32-20-38-32)2-1-3-29(34)15-23-5-7-27-17-31(11-9-25(27)13-23)37-19-33-21-39-33/h4-17,32-33H,1-3,18-21H2. The summed E-state index contributed by atoms with van der Waals surface area (Å²) in [5.74, 6) is 1.86. The first-order chi connectivity index (χ1) is 19.2. The molecule has 1 aliphatic carbocycles. The summed E-state index contributed by atoms with van der Waals surface area (Å²) in [5, 5.41) is 4.50. The Balaban J connectivity index is 1.07. The van der Waals surface area contributed by atoms with Crippen LogP contribution in [0.1, 0.15) is 30.4 Å². The number of hydrogen-bond donors (Lipinski definition) is 0. The summed E-state index contributed by atoms with van der Waals surface area (Å²) in [6.45, 7) is 2.77. The molecule has 196 valence electrons. The minimum atomic E-state index is 0.151. The van der Waals surface area contributed by atoms with E-state index >= 15 is 0 Å². The van der Waals surface area contributed by atoms with Gasteiger partial charge in [0.2, 0.25) is 0 Å². The SMILES string of the molecule is O=C1C(=Cc2ccc3cc(OCC4CO4)ccc3c2)CCCC1=Cc1ccc2cc(OCC3CO3)ccc2c1. The maximum atomic E-state index is 13.4. The summed E-state index contributed by atoms with van der Waals surface area (Å²) < 4.78 is 22.1. The first-order valence-corrected chi connectivity index (χ1v) is 13.7. The number of rotatable bonds is 8. The van der Waals surface area contributed by atoms with E-state index in [1.165, 1.54) is 0 Å². The Labute approximate surface area is 227 Å². The Morgan fingerprint density at radius 3 is 1.54 bits per heavy atom. The molecular formula is C34H30O5. The second-order valence-electron chi connectivity index (χ2n) is 10.6. The van der Waals surface area contributed by atoms with Gasteiger partial charge in [0.25, 0.3) is 0 Å². The van der Waals surface area contributed by atoms with Crippen LogP contribution in [0.3, 0.4) is 0 Å². The monoisotopic (exact) mass is 518 g/mol. The van der Waals surface area contributed by atoms with Crippen LogP contribution in [0.2, 0.25) is 0 Å². The third-order valence-corrected chi connectivity index (χ3v) is 7.51. The predicted molar refractivity (Wildman–Crippen MR) is 153 cm³/mol. The molecule has 0 radical (unpaired) electrons. The number of ether oxygens (including phenoxy) is 4. The molecular weight excluding hydrogens is 488 g/mol. The Kier molecular flexibility index (Phi) is 6.39. The van der Waals surface area contributed by atoms with Crippen molar-refractivity contribution >= 4 is 39.5 Å². The van der Waals surface area contributed by atoms with Crippen LogP contribution in [0.4, 0.5) is 0 Å². The van der Waals surface area contributed by atoms with Gasteiger partial charge in [-0.25, -0.2) is 0 Å². The number of ketones is 1. The van der Waals surface area contributed by atoms with Crippen LogP contribution in [-0.2, 0) is 14.3 Å². The molecule has 39 heavy (non-hydrogen) atoms. The first kappa shape index (κ1) is 24.1. The van der Waals surface area contributed by atoms with Crippen molar-refractivity contribution in [2.75, 3.05) is 26.4 Å². The molecule has 7 rings (SSSR count). The highest BCUT2D eigenvalue weighted by Crippen LogP contribution is 2.31. The van der Waals surface area contributed by atoms with Gasteiger partial charge in [0.05, 0.1) is 13.2 Å². The summed E-state index contributed by atoms with van der Waals surface area (Å²) >= 11 is 0. The number of fused-ring (bicyclic) bond motifs is 2. The molecule has 3 aliphatic rings. The molecule has 2 unspecified atom stereocenters. The van der Waals surface area contributed by atoms with E-state index in [-0.39, 0.29) is 18.0 Å². The van der Waals surface area contributed by atoms with Crippen molar-refractivity contribution in [3.05, 3.63) is 95.1 Å². The van der Waals surface area contributed by atoms with Crippen molar-refractivity contribution < 1.29 is 23.7 Å². The maximum absolute atomic E-state index is 13.4. The lowest BCUT2D eigenvalue weighted by Crippen LogP contribution is -2.12. The van der Waals surface area contributed by atoms with Gasteiger partial charge in [0.15, 0.2) is 5.78 Å². The molecule has 3 fully saturated rings. The van der Waals surface area contributed by atoms with Gasteiger partial charge in [-0.15, -0.1) is 0 Å². The van der Waals surface area contributed by atoms with Gasteiger partial charge >= 0.3 is 0 Å². The fourth-order valence-electron chi connectivity index (χ4n) is 5.13. The minimum absolute atomic E-state index is 0.151. The van der Waals surface area contributed by atoms with E-state index in [9.17, 15) is 4.79 Å². The lowest BCUT2D eigenvalue weighted by atomic mass is 9.86. The lowest BCUT2D eigenvalue weighted by Gasteiger charge is -2.17. The van der Waals surface area contributed by atoms with Crippen molar-refractivity contribution in [1.82, 2.24) is 0 Å². The highest BCUT2D eigenvalue weighted by molar-refractivity contribution is 6.14. The number of Topliss-reactive ketones (excluding diaryl/α,β-unsaturated/α-hetero) is 1. The number of allylic oxidation sites excluding steroid dienone is 2. The van der Waals surface area contributed by atoms with Crippen molar-refractivity contribution in [2.24, 2.45) is 0 Å². The van der Waals surface area contributed by atoms with E-state index in [4.69, 9.17) is 18.9 Å². The summed E-state index contributed by atoms with van der Waals surface area (Å²) in [6.07, 6.45) is 7.16. The largest absolute Gasteiger partial charge is 0.491 e. The Hall–Kier alpha value is -3.93. The fraction of sp³-hybridized carbons (Fsp3) is 0.265. The average Bonchev–Trinajstić information content (AvgIpc) is 3.88. The summed E-state index contributed by atoms with van der Waals surface area (Å²) in [6, 6.07) is 24.9. The Morgan fingerprint density at radius 2 is 1.08 bits per heavy atom. The molecule has 2 heterocycles. The van der Waals surface area contributed by atoms with Crippen LogP contribution >= 0.6 is 0 Å². The Morgan fingerprint density at radius 1 is 0.641 bits per heavy atom. The van der Waals surface area contributed by atoms with Crippen molar-refractivity contribution in [2.45, 2.75) is 31.5 Å². The minimum Gasteiger partial charge on any atom is -0.491 e. The molecule has 0 spiro atoms. The summed E-state index contributed by atoms with van der Waals surface area (Å²) in [5.41, 5.74) is 3.84. The molecule has 0 amide bonds. The van der Waals surface area contributed by atoms with E-state index < -0.39 is 0 Å². The summed E-state index contributed by atoms with van der Waals surface area (Å²) in [4.78, 5) is 13.4. The average molecular weight is 519 g/mol. The zero-order valence-corrected chi connectivity index (χ0v) is 21.7. The van der Waals surface area contributed by atoms with E-state index in [0.29, 0.717) is 13.2 Å².